The van der Waals surface area contributed by atoms with Gasteiger partial charge in [-0.25, -0.2) is 9.78 Å². The van der Waals surface area contributed by atoms with Crippen molar-refractivity contribution in [1.29, 1.82) is 0 Å². The van der Waals surface area contributed by atoms with Crippen LogP contribution in [0.25, 0.3) is 11.5 Å². The van der Waals surface area contributed by atoms with Crippen LogP contribution in [0.4, 0.5) is 4.79 Å². The molecule has 1 aromatic heterocycles. The number of aromatic nitrogens is 1. The van der Waals surface area contributed by atoms with Crippen LogP contribution in [-0.4, -0.2) is 29.8 Å². The first-order valence-corrected chi connectivity index (χ1v) is 8.04. The fourth-order valence-corrected chi connectivity index (χ4v) is 2.79. The first-order chi connectivity index (χ1) is 11.4. The monoisotopic (exact) mass is 330 g/mol. The lowest BCUT2D eigenvalue weighted by atomic mass is 9.92. The predicted molar refractivity (Wildman–Crippen MR) is 88.6 cm³/mol. The van der Waals surface area contributed by atoms with Crippen LogP contribution in [0.3, 0.4) is 0 Å². The Kier molecular flexibility index (Phi) is 4.57. The number of rotatable bonds is 3. The number of nitrogens with zero attached hydrogens (tertiary/aromatic N) is 1. The molecule has 0 radical (unpaired) electrons. The van der Waals surface area contributed by atoms with Crippen LogP contribution in [0.5, 0.6) is 0 Å². The number of carbonyl (C=O) groups is 1. The van der Waals surface area contributed by atoms with Gasteiger partial charge >= 0.3 is 6.09 Å². The first-order valence-electron chi connectivity index (χ1n) is 8.04. The Bertz CT molecular complexity index is 704. The van der Waals surface area contributed by atoms with Crippen LogP contribution in [0.1, 0.15) is 38.0 Å². The van der Waals surface area contributed by atoms with Crippen molar-refractivity contribution in [2.75, 3.05) is 13.2 Å². The molecule has 6 heteroatoms. The van der Waals surface area contributed by atoms with Gasteiger partial charge in [-0.3, -0.25) is 0 Å². The molecule has 0 aliphatic carbocycles. The van der Waals surface area contributed by atoms with Crippen LogP contribution < -0.4 is 5.32 Å². The Hall–Kier alpha value is -2.34. The SMILES string of the molecule is CC(C)(C)OC(=O)NC[C@@H]1OCCc2c(-c3ncco3)cccc21. The molecule has 3 rings (SSSR count). The minimum Gasteiger partial charge on any atom is -0.445 e. The van der Waals surface area contributed by atoms with Gasteiger partial charge in [0.05, 0.1) is 19.3 Å². The second-order valence-corrected chi connectivity index (χ2v) is 6.70. The highest BCUT2D eigenvalue weighted by molar-refractivity contribution is 5.68. The zero-order chi connectivity index (χ0) is 17.2. The van der Waals surface area contributed by atoms with Crippen LogP contribution in [0, 0.1) is 0 Å². The van der Waals surface area contributed by atoms with Crippen LogP contribution in [0.15, 0.2) is 35.1 Å². The Morgan fingerprint density at radius 2 is 2.25 bits per heavy atom. The summed E-state index contributed by atoms with van der Waals surface area (Å²) in [7, 11) is 0. The number of oxazole rings is 1. The predicted octanol–water partition coefficient (Wildman–Crippen LogP) is 3.48. The van der Waals surface area contributed by atoms with Crippen molar-refractivity contribution in [1.82, 2.24) is 10.3 Å². The maximum absolute atomic E-state index is 11.9. The lowest BCUT2D eigenvalue weighted by Crippen LogP contribution is -2.36. The van der Waals surface area contributed by atoms with Gasteiger partial charge in [0, 0.05) is 5.56 Å². The maximum atomic E-state index is 11.9. The number of alkyl carbamates (subject to hydrolysis) is 1. The molecule has 2 heterocycles. The lowest BCUT2D eigenvalue weighted by molar-refractivity contribution is 0.0289. The number of hydrogen-bond acceptors (Lipinski definition) is 5. The van der Waals surface area contributed by atoms with Crippen molar-refractivity contribution in [3.8, 4) is 11.5 Å². The molecular weight excluding hydrogens is 308 g/mol. The van der Waals surface area contributed by atoms with Crippen LogP contribution in [-0.2, 0) is 15.9 Å². The molecule has 0 spiro atoms. The van der Waals surface area contributed by atoms with Crippen molar-refractivity contribution in [2.24, 2.45) is 0 Å². The summed E-state index contributed by atoms with van der Waals surface area (Å²) in [5, 5.41) is 2.78. The number of nitrogens with one attached hydrogen (secondary N) is 1. The molecular formula is C18H22N2O4. The van der Waals surface area contributed by atoms with Crippen molar-refractivity contribution < 1.29 is 18.7 Å². The fraction of sp³-hybridized carbons (Fsp3) is 0.444. The van der Waals surface area contributed by atoms with Crippen molar-refractivity contribution >= 4 is 6.09 Å². The minimum atomic E-state index is -0.520. The molecule has 24 heavy (non-hydrogen) atoms. The van der Waals surface area contributed by atoms with E-state index in [1.54, 1.807) is 12.5 Å². The quantitative estimate of drug-likeness (QED) is 0.932. The zero-order valence-corrected chi connectivity index (χ0v) is 14.2. The number of hydrogen-bond donors (Lipinski definition) is 1. The molecule has 0 saturated heterocycles. The van der Waals surface area contributed by atoms with E-state index in [2.05, 4.69) is 10.3 Å². The van der Waals surface area contributed by atoms with Gasteiger partial charge in [-0.15, -0.1) is 0 Å². The van der Waals surface area contributed by atoms with E-state index in [9.17, 15) is 4.79 Å². The normalized spacial score (nSPS) is 17.2. The molecule has 1 aliphatic rings. The number of carbonyl (C=O) groups excluding carboxylic acids is 1. The van der Waals surface area contributed by atoms with Crippen molar-refractivity contribution in [2.45, 2.75) is 38.9 Å². The summed E-state index contributed by atoms with van der Waals surface area (Å²) < 4.78 is 16.5. The highest BCUT2D eigenvalue weighted by atomic mass is 16.6. The average molecular weight is 330 g/mol. The molecule has 1 aliphatic heterocycles. The van der Waals surface area contributed by atoms with Gasteiger partial charge in [-0.05, 0) is 44.4 Å². The number of benzene rings is 1. The summed E-state index contributed by atoms with van der Waals surface area (Å²) in [6.07, 6.45) is 3.33. The third-order valence-corrected chi connectivity index (χ3v) is 3.72. The molecule has 128 valence electrons. The van der Waals surface area contributed by atoms with Crippen molar-refractivity contribution in [3.05, 3.63) is 41.8 Å². The van der Waals surface area contributed by atoms with E-state index in [0.29, 0.717) is 19.0 Å². The second-order valence-electron chi connectivity index (χ2n) is 6.70. The minimum absolute atomic E-state index is 0.212. The molecule has 0 fully saturated rings. The second kappa shape index (κ2) is 6.65. The van der Waals surface area contributed by atoms with Crippen molar-refractivity contribution in [3.63, 3.8) is 0 Å². The molecule has 0 bridgehead atoms. The molecule has 0 saturated carbocycles. The van der Waals surface area contributed by atoms with Gasteiger partial charge < -0.3 is 19.2 Å². The highest BCUT2D eigenvalue weighted by Gasteiger charge is 2.25. The molecule has 1 aromatic carbocycles. The third-order valence-electron chi connectivity index (χ3n) is 3.72. The number of fused-ring (bicyclic) bond motifs is 1. The molecule has 6 nitrogen and oxygen atoms in total. The Balaban J connectivity index is 1.75. The van der Waals surface area contributed by atoms with E-state index >= 15 is 0 Å². The summed E-state index contributed by atoms with van der Waals surface area (Å²) in [5.74, 6) is 0.604. The van der Waals surface area contributed by atoms with Gasteiger partial charge in [-0.1, -0.05) is 12.1 Å². The third kappa shape index (κ3) is 3.76. The van der Waals surface area contributed by atoms with E-state index in [0.717, 1.165) is 23.1 Å². The number of amides is 1. The first kappa shape index (κ1) is 16.5. The topological polar surface area (TPSA) is 73.6 Å². The molecule has 1 atom stereocenters. The van der Waals surface area contributed by atoms with E-state index in [-0.39, 0.29) is 6.10 Å². The zero-order valence-electron chi connectivity index (χ0n) is 14.2. The summed E-state index contributed by atoms with van der Waals surface area (Å²) in [4.78, 5) is 16.1. The molecule has 0 unspecified atom stereocenters. The van der Waals surface area contributed by atoms with E-state index in [4.69, 9.17) is 13.9 Å². The van der Waals surface area contributed by atoms with Gasteiger partial charge in [0.25, 0.3) is 0 Å². The fourth-order valence-electron chi connectivity index (χ4n) is 2.79. The van der Waals surface area contributed by atoms with Gasteiger partial charge in [-0.2, -0.15) is 0 Å². The molecule has 2 aromatic rings. The Morgan fingerprint density at radius 3 is 2.96 bits per heavy atom. The summed E-state index contributed by atoms with van der Waals surface area (Å²) in [5.41, 5.74) is 2.66. The molecule has 1 N–H and O–H groups in total. The van der Waals surface area contributed by atoms with E-state index < -0.39 is 11.7 Å². The maximum Gasteiger partial charge on any atom is 0.407 e. The summed E-state index contributed by atoms with van der Waals surface area (Å²) in [6, 6.07) is 5.96. The van der Waals surface area contributed by atoms with Gasteiger partial charge in [0.2, 0.25) is 5.89 Å². The van der Waals surface area contributed by atoms with Gasteiger partial charge in [0.1, 0.15) is 18.0 Å². The summed E-state index contributed by atoms with van der Waals surface area (Å²) >= 11 is 0. The van der Waals surface area contributed by atoms with E-state index in [1.165, 1.54) is 0 Å². The molecule has 1 amide bonds. The highest BCUT2D eigenvalue weighted by Crippen LogP contribution is 2.33. The smallest absolute Gasteiger partial charge is 0.407 e. The average Bonchev–Trinajstić information content (AvgIpc) is 3.05. The van der Waals surface area contributed by atoms with Crippen LogP contribution in [0.2, 0.25) is 0 Å². The van der Waals surface area contributed by atoms with E-state index in [1.807, 2.05) is 39.0 Å². The Labute approximate surface area is 141 Å². The lowest BCUT2D eigenvalue weighted by Gasteiger charge is -2.28. The number of ether oxygens (including phenoxy) is 2. The van der Waals surface area contributed by atoms with Crippen LogP contribution >= 0.6 is 0 Å². The Morgan fingerprint density at radius 1 is 1.42 bits per heavy atom. The standard InChI is InChI=1S/C18H22N2O4/c1-18(2,3)24-17(21)20-11-15-13-5-4-6-14(12(13)7-9-22-15)16-19-8-10-23-16/h4-6,8,10,15H,7,9,11H2,1-3H3,(H,20,21)/t15-/m0/s1. The van der Waals surface area contributed by atoms with Gasteiger partial charge in [0.15, 0.2) is 0 Å². The summed E-state index contributed by atoms with van der Waals surface area (Å²) in [6.45, 7) is 6.45. The largest absolute Gasteiger partial charge is 0.445 e.